The number of halogens is 4. The van der Waals surface area contributed by atoms with E-state index in [4.69, 9.17) is 5.73 Å². The third-order valence-electron chi connectivity index (χ3n) is 2.14. The summed E-state index contributed by atoms with van der Waals surface area (Å²) in [5.41, 5.74) is 4.56. The maximum atomic E-state index is 12.7. The van der Waals surface area contributed by atoms with E-state index in [2.05, 4.69) is 26.2 Å². The molecule has 96 valence electrons. The Morgan fingerprint density at radius 2 is 2.18 bits per heavy atom. The van der Waals surface area contributed by atoms with Crippen molar-refractivity contribution >= 4 is 21.7 Å². The second kappa shape index (κ2) is 5.68. The van der Waals surface area contributed by atoms with Gasteiger partial charge < -0.3 is 11.1 Å². The van der Waals surface area contributed by atoms with Gasteiger partial charge in [-0.2, -0.15) is 13.2 Å². The maximum Gasteiger partial charge on any atom is 0.419 e. The zero-order valence-corrected chi connectivity index (χ0v) is 10.8. The summed E-state index contributed by atoms with van der Waals surface area (Å²) in [6, 6.07) is 0.847. The van der Waals surface area contributed by atoms with Crippen molar-refractivity contribution in [1.29, 1.82) is 0 Å². The smallest absolute Gasteiger partial charge is 0.367 e. The summed E-state index contributed by atoms with van der Waals surface area (Å²) in [6.07, 6.45) is -2.52. The first-order valence-electron chi connectivity index (χ1n) is 5.04. The van der Waals surface area contributed by atoms with Gasteiger partial charge in [-0.25, -0.2) is 4.98 Å². The Kier molecular flexibility index (Phi) is 4.76. The molecule has 0 spiro atoms. The van der Waals surface area contributed by atoms with Crippen LogP contribution in [0.2, 0.25) is 0 Å². The highest BCUT2D eigenvalue weighted by Gasteiger charge is 2.34. The van der Waals surface area contributed by atoms with Gasteiger partial charge in [-0.15, -0.1) is 0 Å². The topological polar surface area (TPSA) is 50.9 Å². The Labute approximate surface area is 106 Å². The summed E-state index contributed by atoms with van der Waals surface area (Å²) < 4.78 is 38.5. The fraction of sp³-hybridized carbons (Fsp3) is 0.500. The van der Waals surface area contributed by atoms with Crippen LogP contribution in [-0.4, -0.2) is 17.6 Å². The molecule has 0 fully saturated rings. The van der Waals surface area contributed by atoms with Crippen LogP contribution in [0.15, 0.2) is 16.7 Å². The molecular weight excluding hydrogens is 299 g/mol. The quantitative estimate of drug-likeness (QED) is 0.898. The van der Waals surface area contributed by atoms with Gasteiger partial charge in [-0.1, -0.05) is 0 Å². The van der Waals surface area contributed by atoms with Crippen LogP contribution in [0.4, 0.5) is 19.0 Å². The molecule has 1 heterocycles. The van der Waals surface area contributed by atoms with Crippen molar-refractivity contribution in [2.45, 2.75) is 25.6 Å². The molecule has 1 aromatic rings. The molecule has 0 aliphatic heterocycles. The van der Waals surface area contributed by atoms with Crippen LogP contribution in [0.25, 0.3) is 0 Å². The molecule has 1 unspecified atom stereocenters. The van der Waals surface area contributed by atoms with E-state index in [1.807, 2.05) is 0 Å². The number of aromatic nitrogens is 1. The van der Waals surface area contributed by atoms with Crippen LogP contribution in [0.3, 0.4) is 0 Å². The van der Waals surface area contributed by atoms with Crippen LogP contribution in [0, 0.1) is 0 Å². The van der Waals surface area contributed by atoms with Crippen LogP contribution in [0.1, 0.15) is 18.9 Å². The summed E-state index contributed by atoms with van der Waals surface area (Å²) in [6.45, 7) is 2.17. The van der Waals surface area contributed by atoms with E-state index in [9.17, 15) is 13.2 Å². The number of nitrogens with one attached hydrogen (secondary N) is 1. The Balaban J connectivity index is 2.99. The van der Waals surface area contributed by atoms with Gasteiger partial charge in [0, 0.05) is 16.7 Å². The average Bonchev–Trinajstić information content (AvgIpc) is 2.19. The largest absolute Gasteiger partial charge is 0.419 e. The van der Waals surface area contributed by atoms with Crippen molar-refractivity contribution < 1.29 is 13.2 Å². The number of rotatable bonds is 4. The third-order valence-corrected chi connectivity index (χ3v) is 2.58. The van der Waals surface area contributed by atoms with Crippen molar-refractivity contribution in [1.82, 2.24) is 4.98 Å². The molecule has 1 atom stereocenters. The molecule has 3 nitrogen and oxygen atoms in total. The minimum Gasteiger partial charge on any atom is -0.367 e. The van der Waals surface area contributed by atoms with Crippen molar-refractivity contribution in [2.75, 3.05) is 11.9 Å². The first-order chi connectivity index (χ1) is 7.84. The summed E-state index contributed by atoms with van der Waals surface area (Å²) in [7, 11) is 0. The lowest BCUT2D eigenvalue weighted by atomic mass is 10.2. The highest BCUT2D eigenvalue weighted by atomic mass is 79.9. The number of nitrogens with zero attached hydrogens (tertiary/aromatic N) is 1. The first-order valence-corrected chi connectivity index (χ1v) is 5.83. The fourth-order valence-corrected chi connectivity index (χ4v) is 1.66. The molecule has 0 saturated heterocycles. The molecule has 0 aliphatic rings. The van der Waals surface area contributed by atoms with Crippen LogP contribution in [-0.2, 0) is 6.18 Å². The Morgan fingerprint density at radius 3 is 2.71 bits per heavy atom. The van der Waals surface area contributed by atoms with Gasteiger partial charge in [-0.3, -0.25) is 0 Å². The predicted molar refractivity (Wildman–Crippen MR) is 63.7 cm³/mol. The number of pyridine rings is 1. The molecule has 1 aromatic heterocycles. The number of hydrogen-bond acceptors (Lipinski definition) is 3. The summed E-state index contributed by atoms with van der Waals surface area (Å²) >= 11 is 2.98. The SMILES string of the molecule is CC(CCN)Nc1ncc(Br)cc1C(F)(F)F. The molecule has 0 amide bonds. The minimum atomic E-state index is -4.43. The highest BCUT2D eigenvalue weighted by Crippen LogP contribution is 2.35. The second-order valence-corrected chi connectivity index (χ2v) is 4.59. The van der Waals surface area contributed by atoms with E-state index in [0.29, 0.717) is 17.4 Å². The standard InChI is InChI=1S/C10H13BrF3N3/c1-6(2-3-15)17-9-8(10(12,13)14)4-7(11)5-16-9/h4-6H,2-3,15H2,1H3,(H,16,17). The maximum absolute atomic E-state index is 12.7. The first kappa shape index (κ1) is 14.2. The Bertz CT molecular complexity index is 382. The highest BCUT2D eigenvalue weighted by molar-refractivity contribution is 9.10. The van der Waals surface area contributed by atoms with Gasteiger partial charge in [0.05, 0.1) is 5.56 Å². The zero-order valence-electron chi connectivity index (χ0n) is 9.18. The number of alkyl halides is 3. The fourth-order valence-electron chi connectivity index (χ4n) is 1.33. The van der Waals surface area contributed by atoms with Crippen LogP contribution < -0.4 is 11.1 Å². The van der Waals surface area contributed by atoms with Gasteiger partial charge >= 0.3 is 6.18 Å². The van der Waals surface area contributed by atoms with Gasteiger partial charge in [0.1, 0.15) is 5.82 Å². The Morgan fingerprint density at radius 1 is 1.53 bits per heavy atom. The molecule has 0 aromatic carbocycles. The normalized spacial score (nSPS) is 13.5. The monoisotopic (exact) mass is 311 g/mol. The Hall–Kier alpha value is -0.820. The van der Waals surface area contributed by atoms with Gasteiger partial charge in [0.25, 0.3) is 0 Å². The van der Waals surface area contributed by atoms with Crippen molar-refractivity contribution in [3.05, 3.63) is 22.3 Å². The molecule has 7 heteroatoms. The van der Waals surface area contributed by atoms with Crippen molar-refractivity contribution in [3.8, 4) is 0 Å². The molecular formula is C10H13BrF3N3. The van der Waals surface area contributed by atoms with Crippen LogP contribution in [0.5, 0.6) is 0 Å². The third kappa shape index (κ3) is 4.16. The average molecular weight is 312 g/mol. The molecule has 0 bridgehead atoms. The van der Waals surface area contributed by atoms with E-state index in [1.54, 1.807) is 6.92 Å². The zero-order chi connectivity index (χ0) is 13.1. The lowest BCUT2D eigenvalue weighted by Crippen LogP contribution is -2.22. The van der Waals surface area contributed by atoms with E-state index in [-0.39, 0.29) is 11.9 Å². The van der Waals surface area contributed by atoms with Crippen LogP contribution >= 0.6 is 15.9 Å². The van der Waals surface area contributed by atoms with Crippen molar-refractivity contribution in [3.63, 3.8) is 0 Å². The van der Waals surface area contributed by atoms with E-state index >= 15 is 0 Å². The summed E-state index contributed by atoms with van der Waals surface area (Å²) in [4.78, 5) is 3.75. The minimum absolute atomic E-state index is 0.158. The molecule has 1 rings (SSSR count). The van der Waals surface area contributed by atoms with E-state index in [0.717, 1.165) is 6.07 Å². The van der Waals surface area contributed by atoms with Crippen molar-refractivity contribution in [2.24, 2.45) is 5.73 Å². The summed E-state index contributed by atoms with van der Waals surface area (Å²) in [5.74, 6) is -0.165. The second-order valence-electron chi connectivity index (χ2n) is 3.67. The lowest BCUT2D eigenvalue weighted by Gasteiger charge is -2.18. The number of nitrogens with two attached hydrogens (primary N) is 1. The van der Waals surface area contributed by atoms with Gasteiger partial charge in [-0.05, 0) is 41.9 Å². The lowest BCUT2D eigenvalue weighted by molar-refractivity contribution is -0.137. The van der Waals surface area contributed by atoms with E-state index < -0.39 is 11.7 Å². The number of hydrogen-bond donors (Lipinski definition) is 2. The van der Waals surface area contributed by atoms with Gasteiger partial charge in [0.15, 0.2) is 0 Å². The van der Waals surface area contributed by atoms with E-state index in [1.165, 1.54) is 6.20 Å². The molecule has 0 radical (unpaired) electrons. The van der Waals surface area contributed by atoms with Gasteiger partial charge in [0.2, 0.25) is 0 Å². The predicted octanol–water partition coefficient (Wildman–Crippen LogP) is 3.01. The molecule has 0 aliphatic carbocycles. The summed E-state index contributed by atoms with van der Waals surface area (Å²) in [5, 5.41) is 2.71. The molecule has 0 saturated carbocycles. The molecule has 3 N–H and O–H groups in total. The molecule has 17 heavy (non-hydrogen) atoms. The number of anilines is 1.